The summed E-state index contributed by atoms with van der Waals surface area (Å²) in [6, 6.07) is 3.90. The van der Waals surface area contributed by atoms with Gasteiger partial charge in [0.1, 0.15) is 11.6 Å². The fourth-order valence-electron chi connectivity index (χ4n) is 1.36. The molecule has 0 aromatic heterocycles. The van der Waals surface area contributed by atoms with Gasteiger partial charge in [0.2, 0.25) is 0 Å². The molecule has 1 aromatic rings. The van der Waals surface area contributed by atoms with Crippen LogP contribution in [0.3, 0.4) is 0 Å². The first kappa shape index (κ1) is 11.9. The summed E-state index contributed by atoms with van der Waals surface area (Å²) in [6.07, 6.45) is 2.34. The third kappa shape index (κ3) is 3.13. The minimum Gasteiger partial charge on any atom is -0.316 e. The van der Waals surface area contributed by atoms with Gasteiger partial charge < -0.3 is 5.32 Å². The number of rotatable bonds is 4. The maximum absolute atomic E-state index is 13.3. The molecule has 1 N–H and O–H groups in total. The molecule has 0 bridgehead atoms. The van der Waals surface area contributed by atoms with E-state index >= 15 is 0 Å². The first-order chi connectivity index (χ1) is 7.19. The number of halogens is 2. The summed E-state index contributed by atoms with van der Waals surface area (Å²) in [7, 11) is 1.81. The lowest BCUT2D eigenvalue weighted by Crippen LogP contribution is -2.10. The van der Waals surface area contributed by atoms with Crippen molar-refractivity contribution in [1.82, 2.24) is 5.32 Å². The Morgan fingerprint density at radius 1 is 1.33 bits per heavy atom. The van der Waals surface area contributed by atoms with Crippen LogP contribution in [0.25, 0.3) is 6.08 Å². The lowest BCUT2D eigenvalue weighted by Gasteiger charge is -2.05. The average Bonchev–Trinajstić information content (AvgIpc) is 2.22. The summed E-state index contributed by atoms with van der Waals surface area (Å²) in [5.41, 5.74) is 1.02. The smallest absolute Gasteiger partial charge is 0.133 e. The van der Waals surface area contributed by atoms with Gasteiger partial charge >= 0.3 is 0 Å². The van der Waals surface area contributed by atoms with E-state index in [0.29, 0.717) is 6.54 Å². The molecule has 0 spiro atoms. The zero-order chi connectivity index (χ0) is 11.3. The molecule has 0 saturated heterocycles. The molecule has 0 aliphatic rings. The Hall–Kier alpha value is -1.22. The quantitative estimate of drug-likeness (QED) is 0.807. The Balaban J connectivity index is 3.04. The van der Waals surface area contributed by atoms with E-state index in [9.17, 15) is 8.78 Å². The summed E-state index contributed by atoms with van der Waals surface area (Å²) >= 11 is 0. The second kappa shape index (κ2) is 5.61. The van der Waals surface area contributed by atoms with Gasteiger partial charge in [0.05, 0.1) is 0 Å². The van der Waals surface area contributed by atoms with Crippen LogP contribution in [0.1, 0.15) is 18.9 Å². The van der Waals surface area contributed by atoms with Crippen LogP contribution in [0.4, 0.5) is 8.78 Å². The van der Waals surface area contributed by atoms with E-state index in [1.54, 1.807) is 13.1 Å². The van der Waals surface area contributed by atoms with Crippen LogP contribution in [0.2, 0.25) is 0 Å². The molecule has 0 amide bonds. The number of hydrogen-bond donors (Lipinski definition) is 1. The lowest BCUT2D eigenvalue weighted by atomic mass is 10.1. The molecule has 0 aliphatic carbocycles. The van der Waals surface area contributed by atoms with Crippen LogP contribution < -0.4 is 5.32 Å². The van der Waals surface area contributed by atoms with Crippen molar-refractivity contribution in [1.29, 1.82) is 0 Å². The largest absolute Gasteiger partial charge is 0.316 e. The van der Waals surface area contributed by atoms with Gasteiger partial charge in [-0.1, -0.05) is 18.6 Å². The monoisotopic (exact) mass is 211 g/mol. The lowest BCUT2D eigenvalue weighted by molar-refractivity contribution is 0.578. The molecule has 15 heavy (non-hydrogen) atoms. The molecule has 0 fully saturated rings. The highest BCUT2D eigenvalue weighted by Gasteiger charge is 2.06. The molecule has 1 nitrogen and oxygen atoms in total. The fraction of sp³-hybridized carbons (Fsp3) is 0.333. The van der Waals surface area contributed by atoms with Crippen molar-refractivity contribution in [3.63, 3.8) is 0 Å². The van der Waals surface area contributed by atoms with E-state index in [2.05, 4.69) is 5.32 Å². The fourth-order valence-corrected chi connectivity index (χ4v) is 1.36. The van der Waals surface area contributed by atoms with E-state index in [-0.39, 0.29) is 5.56 Å². The Morgan fingerprint density at radius 3 is 2.40 bits per heavy atom. The Morgan fingerprint density at radius 2 is 1.93 bits per heavy atom. The maximum atomic E-state index is 13.3. The van der Waals surface area contributed by atoms with Crippen molar-refractivity contribution in [3.8, 4) is 0 Å². The van der Waals surface area contributed by atoms with Gasteiger partial charge in [-0.25, -0.2) is 8.78 Å². The summed E-state index contributed by atoms with van der Waals surface area (Å²) < 4.78 is 26.6. The number of likely N-dealkylation sites (N-methyl/N-ethyl adjacent to an activating group) is 1. The highest BCUT2D eigenvalue weighted by molar-refractivity contribution is 5.54. The molecule has 1 aromatic carbocycles. The molecule has 0 radical (unpaired) electrons. The molecular formula is C12H15F2N. The van der Waals surface area contributed by atoms with Crippen molar-refractivity contribution in [2.45, 2.75) is 13.3 Å². The number of hydrogen-bond acceptors (Lipinski definition) is 1. The van der Waals surface area contributed by atoms with Gasteiger partial charge in [-0.2, -0.15) is 0 Å². The molecular weight excluding hydrogens is 196 g/mol. The third-order valence-corrected chi connectivity index (χ3v) is 2.21. The zero-order valence-corrected chi connectivity index (χ0v) is 8.98. The van der Waals surface area contributed by atoms with E-state index < -0.39 is 11.6 Å². The van der Waals surface area contributed by atoms with Crippen LogP contribution in [0.15, 0.2) is 23.8 Å². The van der Waals surface area contributed by atoms with E-state index in [1.807, 2.05) is 6.92 Å². The van der Waals surface area contributed by atoms with Crippen molar-refractivity contribution < 1.29 is 8.78 Å². The van der Waals surface area contributed by atoms with Crippen molar-refractivity contribution in [2.24, 2.45) is 0 Å². The minimum absolute atomic E-state index is 0.0459. The number of nitrogens with one attached hydrogen (secondary N) is 1. The van der Waals surface area contributed by atoms with Gasteiger partial charge in [0.15, 0.2) is 0 Å². The van der Waals surface area contributed by atoms with Crippen LogP contribution in [0.5, 0.6) is 0 Å². The van der Waals surface area contributed by atoms with Gasteiger partial charge in [-0.05, 0) is 31.7 Å². The maximum Gasteiger partial charge on any atom is 0.133 e. The van der Waals surface area contributed by atoms with Crippen LogP contribution in [-0.4, -0.2) is 13.6 Å². The second-order valence-corrected chi connectivity index (χ2v) is 3.32. The molecule has 0 unspecified atom stereocenters. The molecule has 3 heteroatoms. The van der Waals surface area contributed by atoms with Crippen molar-refractivity contribution >= 4 is 6.08 Å². The highest BCUT2D eigenvalue weighted by Crippen LogP contribution is 2.16. The number of benzene rings is 1. The Labute approximate surface area is 88.8 Å². The van der Waals surface area contributed by atoms with Gasteiger partial charge in [-0.15, -0.1) is 0 Å². The first-order valence-electron chi connectivity index (χ1n) is 4.97. The van der Waals surface area contributed by atoms with Crippen molar-refractivity contribution in [2.75, 3.05) is 13.6 Å². The van der Waals surface area contributed by atoms with E-state index in [0.717, 1.165) is 12.0 Å². The third-order valence-electron chi connectivity index (χ3n) is 2.21. The van der Waals surface area contributed by atoms with E-state index in [1.165, 1.54) is 18.2 Å². The van der Waals surface area contributed by atoms with Crippen LogP contribution in [0, 0.1) is 11.6 Å². The normalized spacial score (nSPS) is 11.9. The summed E-state index contributed by atoms with van der Waals surface area (Å²) in [4.78, 5) is 0. The van der Waals surface area contributed by atoms with Crippen LogP contribution in [-0.2, 0) is 0 Å². The topological polar surface area (TPSA) is 12.0 Å². The second-order valence-electron chi connectivity index (χ2n) is 3.32. The molecule has 0 heterocycles. The Bertz CT molecular complexity index is 338. The standard InChI is InChI=1S/C12H15F2N/c1-3-9(8-15-2)7-10-11(13)5-4-6-12(10)14/h4-7,15H,3,8H2,1-2H3. The highest BCUT2D eigenvalue weighted by atomic mass is 19.1. The predicted octanol–water partition coefficient (Wildman–Crippen LogP) is 2.98. The molecule has 0 saturated carbocycles. The molecule has 0 atom stereocenters. The first-order valence-corrected chi connectivity index (χ1v) is 4.97. The van der Waals surface area contributed by atoms with Crippen LogP contribution >= 0.6 is 0 Å². The zero-order valence-electron chi connectivity index (χ0n) is 8.98. The van der Waals surface area contributed by atoms with Gasteiger partial charge in [-0.3, -0.25) is 0 Å². The summed E-state index contributed by atoms with van der Waals surface area (Å²) in [5.74, 6) is -1.03. The Kier molecular flexibility index (Phi) is 4.43. The summed E-state index contributed by atoms with van der Waals surface area (Å²) in [6.45, 7) is 2.60. The molecule has 1 rings (SSSR count). The van der Waals surface area contributed by atoms with Gasteiger partial charge in [0.25, 0.3) is 0 Å². The van der Waals surface area contributed by atoms with Crippen molar-refractivity contribution in [3.05, 3.63) is 41.0 Å². The molecule has 82 valence electrons. The minimum atomic E-state index is -0.517. The van der Waals surface area contributed by atoms with Gasteiger partial charge in [0, 0.05) is 12.1 Å². The molecule has 0 aliphatic heterocycles. The summed E-state index contributed by atoms with van der Waals surface area (Å²) in [5, 5.41) is 2.96. The SMILES string of the molecule is CCC(=Cc1c(F)cccc1F)CNC. The average molecular weight is 211 g/mol. The van der Waals surface area contributed by atoms with E-state index in [4.69, 9.17) is 0 Å². The predicted molar refractivity (Wildman–Crippen MR) is 58.6 cm³/mol.